The first-order valence-corrected chi connectivity index (χ1v) is 6.25. The summed E-state index contributed by atoms with van der Waals surface area (Å²) in [5.41, 5.74) is 7.60. The predicted molar refractivity (Wildman–Crippen MR) is 67.5 cm³/mol. The Morgan fingerprint density at radius 2 is 2.06 bits per heavy atom. The molecule has 1 saturated carbocycles. The minimum Gasteiger partial charge on any atom is -0.398 e. The lowest BCUT2D eigenvalue weighted by molar-refractivity contribution is 0.0892. The third-order valence-electron chi connectivity index (χ3n) is 3.19. The van der Waals surface area contributed by atoms with Crippen molar-refractivity contribution < 1.29 is 4.74 Å². The predicted octanol–water partition coefficient (Wildman–Crippen LogP) is 3.63. The quantitative estimate of drug-likeness (QED) is 0.815. The average Bonchev–Trinajstić information content (AvgIpc) is 2.74. The lowest BCUT2D eigenvalue weighted by Gasteiger charge is -2.11. The highest BCUT2D eigenvalue weighted by molar-refractivity contribution is 6.30. The molecule has 2 rings (SSSR count). The van der Waals surface area contributed by atoms with Crippen molar-refractivity contribution in [2.45, 2.75) is 32.3 Å². The van der Waals surface area contributed by atoms with Crippen LogP contribution >= 0.6 is 11.6 Å². The summed E-state index contributed by atoms with van der Waals surface area (Å²) in [6.45, 7) is 1.46. The van der Waals surface area contributed by atoms with Crippen LogP contribution in [-0.4, -0.2) is 6.61 Å². The van der Waals surface area contributed by atoms with Crippen LogP contribution in [0, 0.1) is 5.92 Å². The summed E-state index contributed by atoms with van der Waals surface area (Å²) in [7, 11) is 0. The zero-order valence-electron chi connectivity index (χ0n) is 9.42. The minimum absolute atomic E-state index is 0.597. The van der Waals surface area contributed by atoms with E-state index in [0.29, 0.717) is 11.6 Å². The first kappa shape index (κ1) is 11.7. The molecule has 0 unspecified atom stereocenters. The number of benzene rings is 1. The third-order valence-corrected chi connectivity index (χ3v) is 3.43. The lowest BCUT2D eigenvalue weighted by atomic mass is 10.1. The zero-order chi connectivity index (χ0) is 11.4. The number of nitrogen functional groups attached to an aromatic ring is 1. The van der Waals surface area contributed by atoms with E-state index in [1.165, 1.54) is 25.7 Å². The van der Waals surface area contributed by atoms with Crippen LogP contribution in [0.25, 0.3) is 0 Å². The molecule has 0 aliphatic heterocycles. The van der Waals surface area contributed by atoms with E-state index in [-0.39, 0.29) is 0 Å². The Labute approximate surface area is 102 Å². The van der Waals surface area contributed by atoms with Crippen molar-refractivity contribution in [3.63, 3.8) is 0 Å². The molecule has 0 saturated heterocycles. The standard InChI is InChI=1S/C13H18ClNO/c14-12-6-5-11(13(15)7-12)9-16-8-10-3-1-2-4-10/h5-7,10H,1-4,8-9,15H2. The van der Waals surface area contributed by atoms with E-state index in [1.807, 2.05) is 12.1 Å². The normalized spacial score (nSPS) is 16.8. The van der Waals surface area contributed by atoms with E-state index in [9.17, 15) is 0 Å². The summed E-state index contributed by atoms with van der Waals surface area (Å²) in [4.78, 5) is 0. The Bertz CT molecular complexity index is 348. The first-order valence-electron chi connectivity index (χ1n) is 5.87. The zero-order valence-corrected chi connectivity index (χ0v) is 10.2. The molecule has 1 aromatic carbocycles. The van der Waals surface area contributed by atoms with Gasteiger partial charge in [0.05, 0.1) is 6.61 Å². The molecule has 0 aromatic heterocycles. The number of nitrogens with two attached hydrogens (primary N) is 1. The molecule has 0 atom stereocenters. The number of rotatable bonds is 4. The van der Waals surface area contributed by atoms with Gasteiger partial charge in [0.25, 0.3) is 0 Å². The van der Waals surface area contributed by atoms with Gasteiger partial charge in [-0.3, -0.25) is 0 Å². The molecule has 1 aromatic rings. The first-order chi connectivity index (χ1) is 7.75. The third kappa shape index (κ3) is 3.13. The van der Waals surface area contributed by atoms with E-state index in [2.05, 4.69) is 0 Å². The monoisotopic (exact) mass is 239 g/mol. The SMILES string of the molecule is Nc1cc(Cl)ccc1COCC1CCCC1. The molecule has 88 valence electrons. The minimum atomic E-state index is 0.597. The number of halogens is 1. The summed E-state index contributed by atoms with van der Waals surface area (Å²) in [6, 6.07) is 5.56. The van der Waals surface area contributed by atoms with E-state index in [0.717, 1.165) is 23.8 Å². The second-order valence-corrected chi connectivity index (χ2v) is 4.95. The fourth-order valence-corrected chi connectivity index (χ4v) is 2.39. The number of ether oxygens (including phenoxy) is 1. The van der Waals surface area contributed by atoms with Crippen molar-refractivity contribution in [2.24, 2.45) is 5.92 Å². The molecule has 0 heterocycles. The molecule has 1 fully saturated rings. The molecule has 1 aliphatic rings. The molecule has 16 heavy (non-hydrogen) atoms. The van der Waals surface area contributed by atoms with Crippen molar-refractivity contribution in [3.05, 3.63) is 28.8 Å². The van der Waals surface area contributed by atoms with E-state index in [1.54, 1.807) is 6.07 Å². The maximum Gasteiger partial charge on any atom is 0.0737 e. The maximum atomic E-state index is 5.85. The topological polar surface area (TPSA) is 35.2 Å². The van der Waals surface area contributed by atoms with Gasteiger partial charge in [-0.2, -0.15) is 0 Å². The fraction of sp³-hybridized carbons (Fsp3) is 0.538. The molecule has 2 N–H and O–H groups in total. The summed E-state index contributed by atoms with van der Waals surface area (Å²) < 4.78 is 5.70. The number of hydrogen-bond donors (Lipinski definition) is 1. The Morgan fingerprint density at radius 1 is 1.31 bits per heavy atom. The van der Waals surface area contributed by atoms with Crippen molar-refractivity contribution in [1.82, 2.24) is 0 Å². The largest absolute Gasteiger partial charge is 0.398 e. The van der Waals surface area contributed by atoms with Crippen molar-refractivity contribution in [2.75, 3.05) is 12.3 Å². The van der Waals surface area contributed by atoms with Gasteiger partial charge < -0.3 is 10.5 Å². The summed E-state index contributed by atoms with van der Waals surface area (Å²) in [5, 5.41) is 0.678. The van der Waals surface area contributed by atoms with Crippen LogP contribution in [-0.2, 0) is 11.3 Å². The van der Waals surface area contributed by atoms with Crippen molar-refractivity contribution in [3.8, 4) is 0 Å². The van der Waals surface area contributed by atoms with Gasteiger partial charge in [-0.15, -0.1) is 0 Å². The van der Waals surface area contributed by atoms with Gasteiger partial charge in [0.2, 0.25) is 0 Å². The molecule has 0 radical (unpaired) electrons. The van der Waals surface area contributed by atoms with Gasteiger partial charge >= 0.3 is 0 Å². The smallest absolute Gasteiger partial charge is 0.0737 e. The highest BCUT2D eigenvalue weighted by Gasteiger charge is 2.14. The van der Waals surface area contributed by atoms with E-state index in [4.69, 9.17) is 22.1 Å². The maximum absolute atomic E-state index is 5.85. The van der Waals surface area contributed by atoms with Gasteiger partial charge in [-0.25, -0.2) is 0 Å². The highest BCUT2D eigenvalue weighted by atomic mass is 35.5. The summed E-state index contributed by atoms with van der Waals surface area (Å²) in [6.07, 6.45) is 5.35. The van der Waals surface area contributed by atoms with Crippen LogP contribution in [0.15, 0.2) is 18.2 Å². The second-order valence-electron chi connectivity index (χ2n) is 4.51. The number of anilines is 1. The van der Waals surface area contributed by atoms with Crippen LogP contribution in [0.3, 0.4) is 0 Å². The van der Waals surface area contributed by atoms with Crippen LogP contribution in [0.1, 0.15) is 31.2 Å². The molecule has 3 heteroatoms. The molecular weight excluding hydrogens is 222 g/mol. The van der Waals surface area contributed by atoms with Crippen LogP contribution in [0.2, 0.25) is 5.02 Å². The number of hydrogen-bond acceptors (Lipinski definition) is 2. The van der Waals surface area contributed by atoms with Gasteiger partial charge in [0.15, 0.2) is 0 Å². The van der Waals surface area contributed by atoms with Crippen LogP contribution in [0.5, 0.6) is 0 Å². The van der Waals surface area contributed by atoms with E-state index >= 15 is 0 Å². The van der Waals surface area contributed by atoms with Gasteiger partial charge in [0, 0.05) is 22.9 Å². The molecular formula is C13H18ClNO. The Kier molecular flexibility index (Phi) is 4.08. The molecule has 1 aliphatic carbocycles. The Morgan fingerprint density at radius 3 is 2.75 bits per heavy atom. The second kappa shape index (κ2) is 5.55. The van der Waals surface area contributed by atoms with Crippen molar-refractivity contribution >= 4 is 17.3 Å². The summed E-state index contributed by atoms with van der Waals surface area (Å²) >= 11 is 5.83. The average molecular weight is 240 g/mol. The van der Waals surface area contributed by atoms with Crippen molar-refractivity contribution in [1.29, 1.82) is 0 Å². The molecule has 0 amide bonds. The van der Waals surface area contributed by atoms with Gasteiger partial charge in [0.1, 0.15) is 0 Å². The Balaban J connectivity index is 1.80. The van der Waals surface area contributed by atoms with Crippen LogP contribution < -0.4 is 5.73 Å². The van der Waals surface area contributed by atoms with Crippen LogP contribution in [0.4, 0.5) is 5.69 Å². The summed E-state index contributed by atoms with van der Waals surface area (Å²) in [5.74, 6) is 0.758. The molecule has 0 bridgehead atoms. The Hall–Kier alpha value is -0.730. The highest BCUT2D eigenvalue weighted by Crippen LogP contribution is 2.25. The molecule has 2 nitrogen and oxygen atoms in total. The fourth-order valence-electron chi connectivity index (χ4n) is 2.21. The van der Waals surface area contributed by atoms with Gasteiger partial charge in [-0.1, -0.05) is 30.5 Å². The molecule has 0 spiro atoms. The lowest BCUT2D eigenvalue weighted by Crippen LogP contribution is -2.06. The van der Waals surface area contributed by atoms with E-state index < -0.39 is 0 Å². The van der Waals surface area contributed by atoms with Gasteiger partial charge in [-0.05, 0) is 30.9 Å².